The monoisotopic (exact) mass is 238 g/mol. The molecule has 0 amide bonds. The van der Waals surface area contributed by atoms with Gasteiger partial charge in [0.1, 0.15) is 6.10 Å². The number of ether oxygens (including phenoxy) is 1. The number of aromatic nitrogens is 2. The Hall–Kier alpha value is -1.00. The van der Waals surface area contributed by atoms with Gasteiger partial charge in [-0.25, -0.2) is 9.97 Å². The van der Waals surface area contributed by atoms with Crippen molar-refractivity contribution in [3.8, 4) is 0 Å². The lowest BCUT2D eigenvalue weighted by atomic mass is 10.0. The molecule has 0 bridgehead atoms. The summed E-state index contributed by atoms with van der Waals surface area (Å²) in [5.74, 6) is 1.28. The molecule has 1 heterocycles. The quantitative estimate of drug-likeness (QED) is 0.856. The van der Waals surface area contributed by atoms with E-state index in [1.54, 1.807) is 13.3 Å². The molecule has 0 fully saturated rings. The maximum Gasteiger partial charge on any atom is 0.157 e. The molecule has 0 spiro atoms. The van der Waals surface area contributed by atoms with Crippen LogP contribution < -0.4 is 0 Å². The zero-order valence-electron chi connectivity index (χ0n) is 11.3. The minimum atomic E-state index is -0.0970. The summed E-state index contributed by atoms with van der Waals surface area (Å²) in [5, 5.41) is 9.25. The summed E-state index contributed by atoms with van der Waals surface area (Å²) in [4.78, 5) is 8.83. The summed E-state index contributed by atoms with van der Waals surface area (Å²) in [6, 6.07) is 0. The van der Waals surface area contributed by atoms with E-state index in [-0.39, 0.29) is 18.6 Å². The minimum Gasteiger partial charge on any atom is -0.392 e. The van der Waals surface area contributed by atoms with Crippen LogP contribution in [-0.2, 0) is 11.3 Å². The molecule has 0 aliphatic rings. The summed E-state index contributed by atoms with van der Waals surface area (Å²) in [5.41, 5.74) is 1.70. The van der Waals surface area contributed by atoms with Crippen molar-refractivity contribution >= 4 is 0 Å². The smallest absolute Gasteiger partial charge is 0.157 e. The van der Waals surface area contributed by atoms with Crippen LogP contribution >= 0.6 is 0 Å². The van der Waals surface area contributed by atoms with E-state index in [0.717, 1.165) is 11.3 Å². The lowest BCUT2D eigenvalue weighted by Crippen LogP contribution is -2.15. The Kier molecular flexibility index (Phi) is 5.02. The molecule has 96 valence electrons. The van der Waals surface area contributed by atoms with Crippen LogP contribution in [0.2, 0.25) is 0 Å². The highest BCUT2D eigenvalue weighted by Crippen LogP contribution is 2.24. The molecule has 1 unspecified atom stereocenters. The van der Waals surface area contributed by atoms with Crippen molar-refractivity contribution in [1.82, 2.24) is 9.97 Å². The van der Waals surface area contributed by atoms with Gasteiger partial charge in [0.15, 0.2) is 5.82 Å². The lowest BCUT2D eigenvalue weighted by Gasteiger charge is -2.19. The van der Waals surface area contributed by atoms with Gasteiger partial charge in [-0.1, -0.05) is 27.7 Å². The minimum absolute atomic E-state index is 0.0207. The number of hydrogen-bond donors (Lipinski definition) is 1. The van der Waals surface area contributed by atoms with Gasteiger partial charge < -0.3 is 9.84 Å². The summed E-state index contributed by atoms with van der Waals surface area (Å²) < 4.78 is 5.42. The van der Waals surface area contributed by atoms with Gasteiger partial charge in [0.05, 0.1) is 12.3 Å². The molecule has 0 saturated heterocycles. The Balaban J connectivity index is 3.15. The first-order chi connectivity index (χ1) is 8.01. The van der Waals surface area contributed by atoms with Gasteiger partial charge in [0, 0.05) is 18.9 Å². The molecule has 17 heavy (non-hydrogen) atoms. The van der Waals surface area contributed by atoms with Crippen LogP contribution in [0.5, 0.6) is 0 Å². The van der Waals surface area contributed by atoms with Gasteiger partial charge in [-0.3, -0.25) is 0 Å². The summed E-state index contributed by atoms with van der Waals surface area (Å²) >= 11 is 0. The second kappa shape index (κ2) is 6.07. The predicted molar refractivity (Wildman–Crippen MR) is 66.6 cm³/mol. The normalized spacial score (nSPS) is 13.4. The Morgan fingerprint density at radius 1 is 1.29 bits per heavy atom. The largest absolute Gasteiger partial charge is 0.392 e. The second-order valence-electron chi connectivity index (χ2n) is 4.85. The van der Waals surface area contributed by atoms with E-state index >= 15 is 0 Å². The van der Waals surface area contributed by atoms with E-state index in [9.17, 15) is 5.11 Å². The van der Waals surface area contributed by atoms with Crippen LogP contribution in [0.15, 0.2) is 6.20 Å². The highest BCUT2D eigenvalue weighted by Gasteiger charge is 2.20. The molecule has 0 radical (unpaired) electrons. The summed E-state index contributed by atoms with van der Waals surface area (Å²) in [6.07, 6.45) is 1.60. The summed E-state index contributed by atoms with van der Waals surface area (Å²) in [6.45, 7) is 8.25. The topological polar surface area (TPSA) is 55.2 Å². The maximum atomic E-state index is 9.25. The fourth-order valence-electron chi connectivity index (χ4n) is 1.87. The molecule has 4 nitrogen and oxygen atoms in total. The third-order valence-electron chi connectivity index (χ3n) is 2.75. The zero-order chi connectivity index (χ0) is 13.0. The van der Waals surface area contributed by atoms with Crippen LogP contribution in [0.25, 0.3) is 0 Å². The third kappa shape index (κ3) is 3.23. The van der Waals surface area contributed by atoms with Gasteiger partial charge in [-0.05, 0) is 11.8 Å². The zero-order valence-corrected chi connectivity index (χ0v) is 11.3. The van der Waals surface area contributed by atoms with Crippen molar-refractivity contribution in [1.29, 1.82) is 0 Å². The van der Waals surface area contributed by atoms with Gasteiger partial charge in [-0.2, -0.15) is 0 Å². The first kappa shape index (κ1) is 14.1. The average Bonchev–Trinajstić information content (AvgIpc) is 2.29. The number of rotatable bonds is 5. The number of hydrogen-bond acceptors (Lipinski definition) is 4. The van der Waals surface area contributed by atoms with Crippen LogP contribution in [0.4, 0.5) is 0 Å². The average molecular weight is 238 g/mol. The van der Waals surface area contributed by atoms with Crippen molar-refractivity contribution in [2.75, 3.05) is 7.11 Å². The first-order valence-electron chi connectivity index (χ1n) is 6.00. The molecule has 1 N–H and O–H groups in total. The van der Waals surface area contributed by atoms with Crippen LogP contribution in [-0.4, -0.2) is 22.2 Å². The Bertz CT molecular complexity index is 364. The fraction of sp³-hybridized carbons (Fsp3) is 0.692. The van der Waals surface area contributed by atoms with E-state index in [0.29, 0.717) is 11.7 Å². The molecule has 1 rings (SSSR count). The Morgan fingerprint density at radius 3 is 2.35 bits per heavy atom. The molecular weight excluding hydrogens is 216 g/mol. The SMILES string of the molecule is COC(c1ncc(CO)c(C(C)C)n1)C(C)C. The Morgan fingerprint density at radius 2 is 1.94 bits per heavy atom. The fourth-order valence-corrected chi connectivity index (χ4v) is 1.87. The molecule has 1 aromatic rings. The van der Waals surface area contributed by atoms with E-state index in [2.05, 4.69) is 37.7 Å². The molecule has 0 aliphatic heterocycles. The molecule has 4 heteroatoms. The molecule has 0 saturated carbocycles. The molecule has 1 atom stereocenters. The molecular formula is C13H22N2O2. The van der Waals surface area contributed by atoms with Crippen molar-refractivity contribution in [3.05, 3.63) is 23.3 Å². The van der Waals surface area contributed by atoms with Crippen molar-refractivity contribution in [3.63, 3.8) is 0 Å². The standard InChI is InChI=1S/C13H22N2O2/c1-8(2)11-10(7-16)6-14-13(15-11)12(17-5)9(3)4/h6,8-9,12,16H,7H2,1-5H3. The third-order valence-corrected chi connectivity index (χ3v) is 2.75. The molecule has 0 aliphatic carbocycles. The van der Waals surface area contributed by atoms with Crippen LogP contribution in [0.1, 0.15) is 56.8 Å². The van der Waals surface area contributed by atoms with E-state index in [1.165, 1.54) is 0 Å². The first-order valence-corrected chi connectivity index (χ1v) is 6.00. The van der Waals surface area contributed by atoms with Crippen molar-refractivity contribution in [2.24, 2.45) is 5.92 Å². The van der Waals surface area contributed by atoms with Crippen molar-refractivity contribution < 1.29 is 9.84 Å². The van der Waals surface area contributed by atoms with Crippen LogP contribution in [0, 0.1) is 5.92 Å². The summed E-state index contributed by atoms with van der Waals surface area (Å²) in [7, 11) is 1.67. The maximum absolute atomic E-state index is 9.25. The van der Waals surface area contributed by atoms with Gasteiger partial charge in [0.2, 0.25) is 0 Å². The molecule has 1 aromatic heterocycles. The van der Waals surface area contributed by atoms with E-state index in [4.69, 9.17) is 4.74 Å². The van der Waals surface area contributed by atoms with Gasteiger partial charge in [0.25, 0.3) is 0 Å². The second-order valence-corrected chi connectivity index (χ2v) is 4.85. The Labute approximate surface area is 103 Å². The highest BCUT2D eigenvalue weighted by molar-refractivity contribution is 5.20. The number of methoxy groups -OCH3 is 1. The highest BCUT2D eigenvalue weighted by atomic mass is 16.5. The van der Waals surface area contributed by atoms with E-state index < -0.39 is 0 Å². The van der Waals surface area contributed by atoms with Gasteiger partial charge in [-0.15, -0.1) is 0 Å². The number of nitrogens with zero attached hydrogens (tertiary/aromatic N) is 2. The number of aliphatic hydroxyl groups is 1. The predicted octanol–water partition coefficient (Wildman–Crippen LogP) is 2.44. The molecule has 0 aromatic carbocycles. The van der Waals surface area contributed by atoms with E-state index in [1.807, 2.05) is 0 Å². The lowest BCUT2D eigenvalue weighted by molar-refractivity contribution is 0.0571. The number of aliphatic hydroxyl groups excluding tert-OH is 1. The van der Waals surface area contributed by atoms with Crippen LogP contribution in [0.3, 0.4) is 0 Å². The van der Waals surface area contributed by atoms with Crippen molar-refractivity contribution in [2.45, 2.75) is 46.3 Å². The van der Waals surface area contributed by atoms with Gasteiger partial charge >= 0.3 is 0 Å².